The van der Waals surface area contributed by atoms with E-state index in [-0.39, 0.29) is 11.5 Å². The highest BCUT2D eigenvalue weighted by atomic mass is 16.5. The third-order valence-corrected chi connectivity index (χ3v) is 3.24. The third-order valence-electron chi connectivity index (χ3n) is 3.24. The van der Waals surface area contributed by atoms with Crippen LogP contribution in [0.15, 0.2) is 34.4 Å². The minimum atomic E-state index is -0.425. The predicted octanol–water partition coefficient (Wildman–Crippen LogP) is 3.44. The molecule has 2 heterocycles. The summed E-state index contributed by atoms with van der Waals surface area (Å²) in [6.45, 7) is 4.91. The number of ether oxygens (including phenoxy) is 2. The number of ketones is 1. The average molecular weight is 298 g/mol. The van der Waals surface area contributed by atoms with Crippen molar-refractivity contribution in [1.29, 1.82) is 0 Å². The highest BCUT2D eigenvalue weighted by molar-refractivity contribution is 6.15. The second-order valence-corrected chi connectivity index (χ2v) is 5.10. The molecule has 2 aromatic rings. The van der Waals surface area contributed by atoms with Crippen LogP contribution in [0.1, 0.15) is 34.4 Å². The molecule has 0 radical (unpaired) electrons. The minimum absolute atomic E-state index is 0.187. The van der Waals surface area contributed by atoms with Crippen LogP contribution < -0.4 is 9.47 Å². The van der Waals surface area contributed by atoms with Crippen LogP contribution in [0.2, 0.25) is 0 Å². The minimum Gasteiger partial charge on any atom is -0.462 e. The van der Waals surface area contributed by atoms with Crippen molar-refractivity contribution in [2.75, 3.05) is 0 Å². The molecule has 112 valence electrons. The zero-order chi connectivity index (χ0) is 15.9. The van der Waals surface area contributed by atoms with Crippen molar-refractivity contribution in [3.8, 4) is 11.5 Å². The number of furan rings is 1. The fourth-order valence-electron chi connectivity index (χ4n) is 2.36. The van der Waals surface area contributed by atoms with Gasteiger partial charge in [-0.15, -0.1) is 0 Å². The standard InChI is InChI=1S/C17H14O5/c1-9-6-13(21-11(3)18)8-14-16(9)17(19)15(22-14)7-12-5-4-10(2)20-12/h4-8H,1-3H3/b15-7-. The first kappa shape index (κ1) is 14.1. The summed E-state index contributed by atoms with van der Waals surface area (Å²) in [6, 6.07) is 6.75. The van der Waals surface area contributed by atoms with E-state index in [4.69, 9.17) is 13.9 Å². The molecular weight excluding hydrogens is 284 g/mol. The lowest BCUT2D eigenvalue weighted by Crippen LogP contribution is -2.02. The summed E-state index contributed by atoms with van der Waals surface area (Å²) in [6.07, 6.45) is 1.56. The Bertz CT molecular complexity index is 810. The van der Waals surface area contributed by atoms with Crippen LogP contribution in [0.25, 0.3) is 6.08 Å². The Morgan fingerprint density at radius 2 is 2.00 bits per heavy atom. The van der Waals surface area contributed by atoms with E-state index in [1.807, 2.05) is 13.0 Å². The topological polar surface area (TPSA) is 65.7 Å². The number of carbonyl (C=O) groups excluding carboxylic acids is 2. The van der Waals surface area contributed by atoms with E-state index in [1.165, 1.54) is 13.0 Å². The summed E-state index contributed by atoms with van der Waals surface area (Å²) in [7, 11) is 0. The normalized spacial score (nSPS) is 14.9. The quantitative estimate of drug-likeness (QED) is 0.483. The third kappa shape index (κ3) is 2.53. The Balaban J connectivity index is 1.98. The fourth-order valence-corrected chi connectivity index (χ4v) is 2.36. The van der Waals surface area contributed by atoms with Gasteiger partial charge in [0.1, 0.15) is 23.0 Å². The SMILES string of the molecule is CC(=O)Oc1cc(C)c2c(c1)O/C(=C\c1ccc(C)o1)C2=O. The van der Waals surface area contributed by atoms with Gasteiger partial charge in [0.2, 0.25) is 5.78 Å². The average Bonchev–Trinajstić information content (AvgIpc) is 2.94. The molecule has 0 atom stereocenters. The summed E-state index contributed by atoms with van der Waals surface area (Å²) in [5, 5.41) is 0. The number of fused-ring (bicyclic) bond motifs is 1. The lowest BCUT2D eigenvalue weighted by Gasteiger charge is -2.05. The number of aryl methyl sites for hydroxylation is 2. The number of hydrogen-bond acceptors (Lipinski definition) is 5. The second-order valence-electron chi connectivity index (χ2n) is 5.10. The Morgan fingerprint density at radius 3 is 2.64 bits per heavy atom. The van der Waals surface area contributed by atoms with Crippen LogP contribution in [0.3, 0.4) is 0 Å². The van der Waals surface area contributed by atoms with Crippen LogP contribution in [0.4, 0.5) is 0 Å². The lowest BCUT2D eigenvalue weighted by atomic mass is 10.0. The van der Waals surface area contributed by atoms with Crippen molar-refractivity contribution in [3.05, 3.63) is 52.7 Å². The zero-order valence-electron chi connectivity index (χ0n) is 12.4. The highest BCUT2D eigenvalue weighted by Gasteiger charge is 2.30. The van der Waals surface area contributed by atoms with Crippen LogP contribution in [-0.4, -0.2) is 11.8 Å². The molecule has 0 amide bonds. The van der Waals surface area contributed by atoms with Gasteiger partial charge in [-0.1, -0.05) is 0 Å². The van der Waals surface area contributed by atoms with Crippen LogP contribution >= 0.6 is 0 Å². The second kappa shape index (κ2) is 5.18. The van der Waals surface area contributed by atoms with E-state index in [2.05, 4.69) is 0 Å². The molecule has 1 aliphatic rings. The molecule has 1 aromatic heterocycles. The molecule has 0 saturated carbocycles. The molecule has 0 aliphatic carbocycles. The summed E-state index contributed by atoms with van der Waals surface area (Å²) in [5.74, 6) is 1.59. The number of Topliss-reactive ketones (excluding diaryl/α,β-unsaturated/α-hetero) is 1. The van der Waals surface area contributed by atoms with E-state index in [0.717, 1.165) is 5.76 Å². The van der Waals surface area contributed by atoms with Crippen molar-refractivity contribution >= 4 is 17.8 Å². The molecule has 0 unspecified atom stereocenters. The van der Waals surface area contributed by atoms with Gasteiger partial charge in [0.15, 0.2) is 5.76 Å². The number of hydrogen-bond donors (Lipinski definition) is 0. The Hall–Kier alpha value is -2.82. The van der Waals surface area contributed by atoms with Gasteiger partial charge in [0.25, 0.3) is 0 Å². The van der Waals surface area contributed by atoms with Gasteiger partial charge < -0.3 is 13.9 Å². The van der Waals surface area contributed by atoms with Crippen LogP contribution in [0, 0.1) is 13.8 Å². The van der Waals surface area contributed by atoms with Gasteiger partial charge in [-0.2, -0.15) is 0 Å². The maximum Gasteiger partial charge on any atom is 0.308 e. The number of esters is 1. The molecule has 1 aliphatic heterocycles. The Morgan fingerprint density at radius 1 is 1.23 bits per heavy atom. The van der Waals surface area contributed by atoms with Crippen molar-refractivity contribution < 1.29 is 23.5 Å². The fraction of sp³-hybridized carbons (Fsp3) is 0.176. The van der Waals surface area contributed by atoms with Gasteiger partial charge in [0.05, 0.1) is 5.56 Å². The summed E-state index contributed by atoms with van der Waals surface area (Å²) < 4.78 is 16.1. The number of carbonyl (C=O) groups is 2. The monoisotopic (exact) mass is 298 g/mol. The van der Waals surface area contributed by atoms with Gasteiger partial charge in [-0.05, 0) is 37.6 Å². The summed E-state index contributed by atoms with van der Waals surface area (Å²) in [4.78, 5) is 23.5. The molecule has 0 fully saturated rings. The molecule has 5 nitrogen and oxygen atoms in total. The maximum absolute atomic E-state index is 12.4. The molecule has 0 N–H and O–H groups in total. The molecule has 1 aromatic carbocycles. The van der Waals surface area contributed by atoms with E-state index in [0.29, 0.717) is 28.4 Å². The first-order valence-corrected chi connectivity index (χ1v) is 6.78. The van der Waals surface area contributed by atoms with E-state index < -0.39 is 5.97 Å². The molecule has 22 heavy (non-hydrogen) atoms. The largest absolute Gasteiger partial charge is 0.462 e. The van der Waals surface area contributed by atoms with E-state index >= 15 is 0 Å². The number of rotatable bonds is 2. The van der Waals surface area contributed by atoms with Crippen molar-refractivity contribution in [2.45, 2.75) is 20.8 Å². The van der Waals surface area contributed by atoms with Gasteiger partial charge in [0, 0.05) is 19.1 Å². The first-order valence-electron chi connectivity index (χ1n) is 6.78. The van der Waals surface area contributed by atoms with Crippen LogP contribution in [0.5, 0.6) is 11.5 Å². The Kier molecular flexibility index (Phi) is 3.33. The molecule has 3 rings (SSSR count). The predicted molar refractivity (Wildman–Crippen MR) is 78.9 cm³/mol. The smallest absolute Gasteiger partial charge is 0.308 e. The molecule has 5 heteroatoms. The molecular formula is C17H14O5. The Labute approximate surface area is 127 Å². The lowest BCUT2D eigenvalue weighted by molar-refractivity contribution is -0.131. The molecule has 0 bridgehead atoms. The van der Waals surface area contributed by atoms with Gasteiger partial charge in [-0.3, -0.25) is 9.59 Å². The maximum atomic E-state index is 12.4. The molecule has 0 saturated heterocycles. The number of allylic oxidation sites excluding steroid dienone is 1. The van der Waals surface area contributed by atoms with Crippen molar-refractivity contribution in [3.63, 3.8) is 0 Å². The van der Waals surface area contributed by atoms with Crippen molar-refractivity contribution in [1.82, 2.24) is 0 Å². The van der Waals surface area contributed by atoms with Crippen molar-refractivity contribution in [2.24, 2.45) is 0 Å². The van der Waals surface area contributed by atoms with E-state index in [9.17, 15) is 9.59 Å². The zero-order valence-corrected chi connectivity index (χ0v) is 12.4. The van der Waals surface area contributed by atoms with E-state index in [1.54, 1.807) is 25.1 Å². The highest BCUT2D eigenvalue weighted by Crippen LogP contribution is 2.37. The van der Waals surface area contributed by atoms with Crippen LogP contribution in [-0.2, 0) is 4.79 Å². The van der Waals surface area contributed by atoms with Gasteiger partial charge >= 0.3 is 5.97 Å². The summed E-state index contributed by atoms with van der Waals surface area (Å²) in [5.41, 5.74) is 1.17. The van der Waals surface area contributed by atoms with Gasteiger partial charge in [-0.25, -0.2) is 0 Å². The summed E-state index contributed by atoms with van der Waals surface area (Å²) >= 11 is 0. The number of benzene rings is 1. The first-order chi connectivity index (χ1) is 10.4. The molecule has 0 spiro atoms.